The van der Waals surface area contributed by atoms with Gasteiger partial charge in [0.25, 0.3) is 0 Å². The predicted octanol–water partition coefficient (Wildman–Crippen LogP) is 3.33. The number of benzene rings is 1. The Morgan fingerprint density at radius 2 is 1.70 bits per heavy atom. The number of guanidine groups is 1. The van der Waals surface area contributed by atoms with Crippen molar-refractivity contribution in [2.45, 2.75) is 64.3 Å². The lowest BCUT2D eigenvalue weighted by molar-refractivity contribution is 0.305. The molecule has 0 unspecified atom stereocenters. The monoisotopic (exact) mass is 434 g/mol. The maximum atomic E-state index is 12.0. The zero-order valence-electron chi connectivity index (χ0n) is 18.5. The van der Waals surface area contributed by atoms with Crippen molar-refractivity contribution in [3.63, 3.8) is 0 Å². The van der Waals surface area contributed by atoms with Crippen molar-refractivity contribution in [3.05, 3.63) is 35.9 Å². The first kappa shape index (κ1) is 23.1. The number of rotatable bonds is 7. The van der Waals surface area contributed by atoms with Crippen LogP contribution in [0.3, 0.4) is 0 Å². The number of aliphatic imine (C=N–C) groups is 1. The van der Waals surface area contributed by atoms with Gasteiger partial charge in [0.2, 0.25) is 10.0 Å². The molecular formula is C23H38N4O2S. The van der Waals surface area contributed by atoms with Crippen molar-refractivity contribution in [2.24, 2.45) is 10.9 Å². The second-order valence-corrected chi connectivity index (χ2v) is 10.8. The molecule has 2 N–H and O–H groups in total. The molecule has 30 heavy (non-hydrogen) atoms. The molecule has 0 bridgehead atoms. The van der Waals surface area contributed by atoms with Gasteiger partial charge < -0.3 is 10.6 Å². The van der Waals surface area contributed by atoms with Gasteiger partial charge in [-0.3, -0.25) is 4.99 Å². The van der Waals surface area contributed by atoms with Crippen molar-refractivity contribution in [1.29, 1.82) is 0 Å². The summed E-state index contributed by atoms with van der Waals surface area (Å²) in [6, 6.07) is 11.2. The molecule has 2 fully saturated rings. The van der Waals surface area contributed by atoms with Crippen LogP contribution in [0.5, 0.6) is 0 Å². The maximum Gasteiger partial charge on any atom is 0.213 e. The molecule has 0 spiro atoms. The molecule has 1 aliphatic carbocycles. The van der Waals surface area contributed by atoms with E-state index in [0.29, 0.717) is 24.9 Å². The van der Waals surface area contributed by atoms with Gasteiger partial charge in [0.05, 0.1) is 5.75 Å². The summed E-state index contributed by atoms with van der Waals surface area (Å²) in [5.41, 5.74) is 1.48. The van der Waals surface area contributed by atoms with Crippen LogP contribution in [0.15, 0.2) is 35.3 Å². The van der Waals surface area contributed by atoms with Crippen LogP contribution >= 0.6 is 0 Å². The number of sulfonamides is 1. The fourth-order valence-electron chi connectivity index (χ4n) is 4.60. The Balaban J connectivity index is 1.46. The zero-order chi connectivity index (χ0) is 21.4. The minimum Gasteiger partial charge on any atom is -0.357 e. The van der Waals surface area contributed by atoms with Gasteiger partial charge in [-0.1, -0.05) is 30.3 Å². The third kappa shape index (κ3) is 6.45. The second kappa shape index (κ2) is 11.1. The first-order valence-electron chi connectivity index (χ1n) is 11.6. The van der Waals surface area contributed by atoms with Gasteiger partial charge in [0, 0.05) is 32.2 Å². The van der Waals surface area contributed by atoms with Gasteiger partial charge in [-0.15, -0.1) is 0 Å². The fraction of sp³-hybridized carbons (Fsp3) is 0.696. The summed E-state index contributed by atoms with van der Waals surface area (Å²) < 4.78 is 25.7. The Bertz CT molecular complexity index is 766. The van der Waals surface area contributed by atoms with Crippen LogP contribution in [0.25, 0.3) is 0 Å². The minimum atomic E-state index is -3.07. The first-order chi connectivity index (χ1) is 14.5. The van der Waals surface area contributed by atoms with Gasteiger partial charge in [-0.05, 0) is 69.8 Å². The summed E-state index contributed by atoms with van der Waals surface area (Å²) in [6.07, 6.45) is 6.61. The van der Waals surface area contributed by atoms with Gasteiger partial charge in [0.1, 0.15) is 0 Å². The van der Waals surface area contributed by atoms with E-state index < -0.39 is 10.0 Å². The van der Waals surface area contributed by atoms with Crippen molar-refractivity contribution < 1.29 is 8.42 Å². The Kier molecular flexibility index (Phi) is 8.57. The number of nitrogens with zero attached hydrogens (tertiary/aromatic N) is 2. The lowest BCUT2D eigenvalue weighted by Crippen LogP contribution is -2.50. The van der Waals surface area contributed by atoms with Crippen LogP contribution in [0.2, 0.25) is 0 Å². The highest BCUT2D eigenvalue weighted by Gasteiger charge is 2.27. The van der Waals surface area contributed by atoms with E-state index in [2.05, 4.69) is 47.9 Å². The van der Waals surface area contributed by atoms with E-state index in [1.54, 1.807) is 11.2 Å². The number of nitrogens with one attached hydrogen (secondary N) is 2. The van der Waals surface area contributed by atoms with Crippen molar-refractivity contribution in [1.82, 2.24) is 14.9 Å². The molecule has 0 aromatic heterocycles. The molecule has 2 aliphatic rings. The van der Waals surface area contributed by atoms with Gasteiger partial charge in [-0.25, -0.2) is 12.7 Å². The number of piperidine rings is 1. The Morgan fingerprint density at radius 1 is 1.03 bits per heavy atom. The number of hydrogen-bond donors (Lipinski definition) is 2. The van der Waals surface area contributed by atoms with Crippen molar-refractivity contribution in [2.75, 3.05) is 31.9 Å². The summed E-state index contributed by atoms with van der Waals surface area (Å²) in [5, 5.41) is 6.90. The van der Waals surface area contributed by atoms with Gasteiger partial charge in [0.15, 0.2) is 5.96 Å². The predicted molar refractivity (Wildman–Crippen MR) is 124 cm³/mol. The molecule has 168 valence electrons. The Hall–Kier alpha value is -1.60. The summed E-state index contributed by atoms with van der Waals surface area (Å²) in [5.74, 6) is 2.40. The van der Waals surface area contributed by atoms with Crippen molar-refractivity contribution >= 4 is 16.0 Å². The highest BCUT2D eigenvalue weighted by molar-refractivity contribution is 7.89. The topological polar surface area (TPSA) is 73.8 Å². The first-order valence-corrected chi connectivity index (χ1v) is 13.2. The summed E-state index contributed by atoms with van der Waals surface area (Å²) in [6.45, 7) is 6.67. The van der Waals surface area contributed by atoms with E-state index in [1.807, 2.05) is 0 Å². The average molecular weight is 435 g/mol. The third-order valence-corrected chi connectivity index (χ3v) is 8.40. The molecule has 1 saturated carbocycles. The van der Waals surface area contributed by atoms with E-state index in [0.717, 1.165) is 31.9 Å². The molecular weight excluding hydrogens is 396 g/mol. The quantitative estimate of drug-likeness (QED) is 0.510. The van der Waals surface area contributed by atoms with E-state index in [9.17, 15) is 8.42 Å². The highest BCUT2D eigenvalue weighted by Crippen LogP contribution is 2.35. The molecule has 1 aromatic carbocycles. The van der Waals surface area contributed by atoms with Gasteiger partial charge in [-0.2, -0.15) is 0 Å². The largest absolute Gasteiger partial charge is 0.357 e. The molecule has 1 saturated heterocycles. The normalized spacial score (nSPS) is 24.5. The maximum absolute atomic E-state index is 12.0. The van der Waals surface area contributed by atoms with E-state index in [4.69, 9.17) is 4.99 Å². The lowest BCUT2D eigenvalue weighted by Gasteiger charge is -2.32. The van der Waals surface area contributed by atoms with Crippen LogP contribution in [0, 0.1) is 5.92 Å². The van der Waals surface area contributed by atoms with E-state index in [-0.39, 0.29) is 11.8 Å². The minimum absolute atomic E-state index is 0.182. The molecule has 1 aromatic rings. The summed E-state index contributed by atoms with van der Waals surface area (Å²) >= 11 is 0. The molecule has 0 amide bonds. The van der Waals surface area contributed by atoms with Crippen LogP contribution < -0.4 is 10.6 Å². The Morgan fingerprint density at radius 3 is 2.30 bits per heavy atom. The Labute approximate surface area is 182 Å². The second-order valence-electron chi connectivity index (χ2n) is 8.57. The van der Waals surface area contributed by atoms with E-state index >= 15 is 0 Å². The molecule has 0 atom stereocenters. The molecule has 7 heteroatoms. The average Bonchev–Trinajstić information content (AvgIpc) is 2.79. The van der Waals surface area contributed by atoms with Crippen LogP contribution in [-0.2, 0) is 10.0 Å². The fourth-order valence-corrected chi connectivity index (χ4v) is 5.73. The lowest BCUT2D eigenvalue weighted by atomic mass is 9.79. The van der Waals surface area contributed by atoms with Crippen LogP contribution in [0.4, 0.5) is 0 Å². The summed E-state index contributed by atoms with van der Waals surface area (Å²) in [7, 11) is -3.07. The van der Waals surface area contributed by atoms with Crippen molar-refractivity contribution in [3.8, 4) is 0 Å². The van der Waals surface area contributed by atoms with Gasteiger partial charge >= 0.3 is 0 Å². The molecule has 3 rings (SSSR count). The zero-order valence-corrected chi connectivity index (χ0v) is 19.3. The molecule has 1 aliphatic heterocycles. The SMILES string of the molecule is CCNC(=NCC1CCC(c2ccccc2)CC1)NC1CCN(S(=O)(=O)CC)CC1. The smallest absolute Gasteiger partial charge is 0.213 e. The number of hydrogen-bond acceptors (Lipinski definition) is 3. The van der Waals surface area contributed by atoms with Crippen LogP contribution in [0.1, 0.15) is 63.9 Å². The summed E-state index contributed by atoms with van der Waals surface area (Å²) in [4.78, 5) is 4.88. The standard InChI is InChI=1S/C23H38N4O2S/c1-3-24-23(26-22-14-16-27(17-15-22)30(28,29)4-2)25-18-19-10-12-21(13-11-19)20-8-6-5-7-9-20/h5-9,19,21-22H,3-4,10-18H2,1-2H3,(H2,24,25,26). The molecule has 6 nitrogen and oxygen atoms in total. The molecule has 0 radical (unpaired) electrons. The highest BCUT2D eigenvalue weighted by atomic mass is 32.2. The third-order valence-electron chi connectivity index (χ3n) is 6.52. The molecule has 1 heterocycles. The van der Waals surface area contributed by atoms with Crippen LogP contribution in [-0.4, -0.2) is 56.7 Å². The van der Waals surface area contributed by atoms with E-state index in [1.165, 1.54) is 31.2 Å².